The number of allylic oxidation sites excluding steroid dienone is 1. The van der Waals surface area contributed by atoms with Crippen LogP contribution in [0.2, 0.25) is 0 Å². The minimum Gasteiger partial charge on any atom is -0.371 e. The number of nitrogens with zero attached hydrogens (tertiary/aromatic N) is 2. The van der Waals surface area contributed by atoms with Crippen LogP contribution in [0.1, 0.15) is 31.2 Å². The van der Waals surface area contributed by atoms with Gasteiger partial charge in [0.25, 0.3) is 0 Å². The average molecular weight is 226 g/mol. The van der Waals surface area contributed by atoms with Crippen LogP contribution >= 0.6 is 0 Å². The third kappa shape index (κ3) is 3.10. The molecule has 1 aliphatic heterocycles. The number of hydrogen-bond donors (Lipinski definition) is 0. The zero-order valence-corrected chi connectivity index (χ0v) is 10.1. The van der Waals surface area contributed by atoms with Crippen molar-refractivity contribution >= 4 is 11.8 Å². The van der Waals surface area contributed by atoms with E-state index >= 15 is 0 Å². The summed E-state index contributed by atoms with van der Waals surface area (Å²) >= 11 is 0. The van der Waals surface area contributed by atoms with Crippen LogP contribution < -0.4 is 4.90 Å². The van der Waals surface area contributed by atoms with Crippen molar-refractivity contribution in [1.29, 1.82) is 5.26 Å². The molecular weight excluding hydrogens is 208 g/mol. The predicted octanol–water partition coefficient (Wildman–Crippen LogP) is 3.60. The Labute approximate surface area is 103 Å². The predicted molar refractivity (Wildman–Crippen MR) is 71.8 cm³/mol. The number of piperidine rings is 1. The maximum Gasteiger partial charge on any atom is 0.0663 e. The quantitative estimate of drug-likeness (QED) is 0.787. The van der Waals surface area contributed by atoms with Crippen LogP contribution in [0.15, 0.2) is 30.3 Å². The van der Waals surface area contributed by atoms with Gasteiger partial charge in [0, 0.05) is 18.8 Å². The molecule has 1 fully saturated rings. The number of para-hydroxylation sites is 1. The zero-order valence-electron chi connectivity index (χ0n) is 10.1. The number of hydrogen-bond acceptors (Lipinski definition) is 2. The van der Waals surface area contributed by atoms with E-state index in [1.807, 2.05) is 6.08 Å². The van der Waals surface area contributed by atoms with Crippen LogP contribution in [0.5, 0.6) is 0 Å². The molecule has 2 nitrogen and oxygen atoms in total. The first-order valence-electron chi connectivity index (χ1n) is 6.29. The molecule has 0 aromatic heterocycles. The Kier molecular flexibility index (Phi) is 4.21. The van der Waals surface area contributed by atoms with Crippen molar-refractivity contribution in [2.24, 2.45) is 0 Å². The van der Waals surface area contributed by atoms with Gasteiger partial charge in [-0.15, -0.1) is 0 Å². The molecule has 0 amide bonds. The highest BCUT2D eigenvalue weighted by Crippen LogP contribution is 2.25. The second kappa shape index (κ2) is 6.10. The van der Waals surface area contributed by atoms with Crippen LogP contribution in [-0.2, 0) is 0 Å². The Hall–Kier alpha value is -1.75. The van der Waals surface area contributed by atoms with Crippen molar-refractivity contribution in [3.63, 3.8) is 0 Å². The van der Waals surface area contributed by atoms with Crippen LogP contribution in [0, 0.1) is 11.3 Å². The fourth-order valence-corrected chi connectivity index (χ4v) is 2.29. The van der Waals surface area contributed by atoms with E-state index in [9.17, 15) is 0 Å². The number of anilines is 1. The Morgan fingerprint density at radius 3 is 2.71 bits per heavy atom. The molecule has 0 aliphatic carbocycles. The topological polar surface area (TPSA) is 27.0 Å². The summed E-state index contributed by atoms with van der Waals surface area (Å²) in [5, 5.41) is 8.55. The van der Waals surface area contributed by atoms with Crippen molar-refractivity contribution < 1.29 is 0 Å². The Morgan fingerprint density at radius 1 is 1.18 bits per heavy atom. The van der Waals surface area contributed by atoms with Crippen molar-refractivity contribution in [3.8, 4) is 6.07 Å². The molecule has 17 heavy (non-hydrogen) atoms. The fraction of sp³-hybridized carbons (Fsp3) is 0.400. The summed E-state index contributed by atoms with van der Waals surface area (Å²) in [6, 6.07) is 10.6. The maximum absolute atomic E-state index is 8.55. The summed E-state index contributed by atoms with van der Waals surface area (Å²) in [7, 11) is 0. The molecule has 0 spiro atoms. The first kappa shape index (κ1) is 11.7. The van der Waals surface area contributed by atoms with Gasteiger partial charge >= 0.3 is 0 Å². The van der Waals surface area contributed by atoms with Gasteiger partial charge in [-0.05, 0) is 30.9 Å². The van der Waals surface area contributed by atoms with Crippen molar-refractivity contribution in [1.82, 2.24) is 0 Å². The van der Waals surface area contributed by atoms with Crippen LogP contribution in [-0.4, -0.2) is 13.1 Å². The average Bonchev–Trinajstić information content (AvgIpc) is 2.41. The third-order valence-corrected chi connectivity index (χ3v) is 3.14. The first-order chi connectivity index (χ1) is 8.42. The van der Waals surface area contributed by atoms with E-state index in [4.69, 9.17) is 5.26 Å². The summed E-state index contributed by atoms with van der Waals surface area (Å²) in [4.78, 5) is 2.45. The minimum absolute atomic E-state index is 0.480. The van der Waals surface area contributed by atoms with Gasteiger partial charge in [-0.3, -0.25) is 0 Å². The van der Waals surface area contributed by atoms with Crippen molar-refractivity contribution in [3.05, 3.63) is 35.9 Å². The molecule has 1 aromatic rings. The Balaban J connectivity index is 2.17. The molecule has 88 valence electrons. The van der Waals surface area contributed by atoms with Crippen LogP contribution in [0.4, 0.5) is 5.69 Å². The molecule has 0 atom stereocenters. The van der Waals surface area contributed by atoms with E-state index in [1.54, 1.807) is 0 Å². The lowest BCUT2D eigenvalue weighted by atomic mass is 10.1. The molecular formula is C15H18N2. The van der Waals surface area contributed by atoms with Gasteiger partial charge in [0.2, 0.25) is 0 Å². The summed E-state index contributed by atoms with van der Waals surface area (Å²) in [6.07, 6.45) is 8.40. The summed E-state index contributed by atoms with van der Waals surface area (Å²) < 4.78 is 0. The Bertz CT molecular complexity index is 423. The van der Waals surface area contributed by atoms with E-state index < -0.39 is 0 Å². The van der Waals surface area contributed by atoms with Gasteiger partial charge < -0.3 is 4.90 Å². The molecule has 1 aliphatic rings. The largest absolute Gasteiger partial charge is 0.371 e. The lowest BCUT2D eigenvalue weighted by Gasteiger charge is -2.30. The van der Waals surface area contributed by atoms with Crippen LogP contribution in [0.25, 0.3) is 6.08 Å². The number of benzene rings is 1. The highest BCUT2D eigenvalue weighted by molar-refractivity contribution is 5.67. The summed E-state index contributed by atoms with van der Waals surface area (Å²) in [6.45, 7) is 2.31. The fourth-order valence-electron chi connectivity index (χ4n) is 2.29. The van der Waals surface area contributed by atoms with Gasteiger partial charge in [0.05, 0.1) is 12.5 Å². The normalized spacial score (nSPS) is 16.1. The smallest absolute Gasteiger partial charge is 0.0663 e. The summed E-state index contributed by atoms with van der Waals surface area (Å²) in [5.74, 6) is 0. The van der Waals surface area contributed by atoms with E-state index in [1.165, 1.54) is 30.5 Å². The zero-order chi connectivity index (χ0) is 11.9. The van der Waals surface area contributed by atoms with Gasteiger partial charge in [0.1, 0.15) is 0 Å². The molecule has 2 heteroatoms. The molecule has 0 N–H and O–H groups in total. The highest BCUT2D eigenvalue weighted by atomic mass is 15.1. The van der Waals surface area contributed by atoms with Crippen LogP contribution in [0.3, 0.4) is 0 Å². The Morgan fingerprint density at radius 2 is 1.94 bits per heavy atom. The lowest BCUT2D eigenvalue weighted by molar-refractivity contribution is 0.577. The molecule has 0 unspecified atom stereocenters. The third-order valence-electron chi connectivity index (χ3n) is 3.14. The molecule has 2 rings (SSSR count). The SMILES string of the molecule is N#CCC=Cc1ccccc1N1CCCCC1. The molecule has 1 aromatic carbocycles. The second-order valence-electron chi connectivity index (χ2n) is 4.37. The number of rotatable bonds is 3. The van der Waals surface area contributed by atoms with E-state index in [-0.39, 0.29) is 0 Å². The number of nitriles is 1. The molecule has 0 saturated carbocycles. The van der Waals surface area contributed by atoms with Gasteiger partial charge in [-0.25, -0.2) is 0 Å². The van der Waals surface area contributed by atoms with Gasteiger partial charge in [-0.2, -0.15) is 5.26 Å². The van der Waals surface area contributed by atoms with E-state index in [0.29, 0.717) is 6.42 Å². The molecule has 0 radical (unpaired) electrons. The monoisotopic (exact) mass is 226 g/mol. The minimum atomic E-state index is 0.480. The molecule has 0 bridgehead atoms. The standard InChI is InChI=1S/C15H18N2/c16-11-5-4-9-14-8-2-3-10-15(14)17-12-6-1-7-13-17/h2-4,8-10H,1,5-7,12-13H2. The second-order valence-corrected chi connectivity index (χ2v) is 4.37. The van der Waals surface area contributed by atoms with Crippen molar-refractivity contribution in [2.45, 2.75) is 25.7 Å². The van der Waals surface area contributed by atoms with Crippen molar-refractivity contribution in [2.75, 3.05) is 18.0 Å². The lowest BCUT2D eigenvalue weighted by Crippen LogP contribution is -2.29. The van der Waals surface area contributed by atoms with Gasteiger partial charge in [-0.1, -0.05) is 30.4 Å². The van der Waals surface area contributed by atoms with E-state index in [2.05, 4.69) is 41.3 Å². The van der Waals surface area contributed by atoms with Gasteiger partial charge in [0.15, 0.2) is 0 Å². The molecule has 1 heterocycles. The maximum atomic E-state index is 8.55. The highest BCUT2D eigenvalue weighted by Gasteiger charge is 2.12. The summed E-state index contributed by atoms with van der Waals surface area (Å²) in [5.41, 5.74) is 2.53. The molecule has 1 saturated heterocycles. The van der Waals surface area contributed by atoms with E-state index in [0.717, 1.165) is 13.1 Å². The first-order valence-corrected chi connectivity index (χ1v) is 6.29.